The smallest absolute Gasteiger partial charge is 0.282 e. The molecule has 23 heavy (non-hydrogen) atoms. The second-order valence-electron chi connectivity index (χ2n) is 5.40. The van der Waals surface area contributed by atoms with Crippen molar-refractivity contribution in [3.8, 4) is 5.75 Å². The standard InChI is InChI=1S/C15H25N3O3S.ClH/c1-4-10-17(2)22(19,20)18-11-9-16-12-14(18)13-7-5-6-8-15(13)21-3;/h5-8,14,16H,4,9-12H2,1-3H3;1H. The maximum absolute atomic E-state index is 12.8. The molecule has 6 nitrogen and oxygen atoms in total. The normalized spacial score (nSPS) is 19.4. The summed E-state index contributed by atoms with van der Waals surface area (Å²) in [5, 5.41) is 3.28. The van der Waals surface area contributed by atoms with E-state index in [1.54, 1.807) is 18.5 Å². The van der Waals surface area contributed by atoms with Crippen LogP contribution in [0.4, 0.5) is 0 Å². The Kier molecular flexibility index (Phi) is 7.76. The highest BCUT2D eigenvalue weighted by Gasteiger charge is 2.36. The van der Waals surface area contributed by atoms with Crippen molar-refractivity contribution in [1.82, 2.24) is 13.9 Å². The monoisotopic (exact) mass is 363 g/mol. The minimum absolute atomic E-state index is 0. The van der Waals surface area contributed by atoms with Crippen molar-refractivity contribution in [2.45, 2.75) is 19.4 Å². The number of para-hydroxylation sites is 1. The van der Waals surface area contributed by atoms with Crippen molar-refractivity contribution >= 4 is 22.6 Å². The third kappa shape index (κ3) is 4.36. The first-order chi connectivity index (χ1) is 10.5. The molecule has 1 heterocycles. The highest BCUT2D eigenvalue weighted by atomic mass is 35.5. The molecule has 1 aromatic rings. The molecule has 1 N–H and O–H groups in total. The highest BCUT2D eigenvalue weighted by molar-refractivity contribution is 7.86. The van der Waals surface area contributed by atoms with Crippen LogP contribution in [0.3, 0.4) is 0 Å². The minimum Gasteiger partial charge on any atom is -0.496 e. The van der Waals surface area contributed by atoms with Crippen LogP contribution in [0.5, 0.6) is 5.75 Å². The molecule has 0 radical (unpaired) electrons. The average molecular weight is 364 g/mol. The van der Waals surface area contributed by atoms with E-state index in [0.29, 0.717) is 26.2 Å². The van der Waals surface area contributed by atoms with Crippen LogP contribution >= 0.6 is 12.4 Å². The van der Waals surface area contributed by atoms with Crippen LogP contribution in [0.1, 0.15) is 24.9 Å². The second kappa shape index (κ2) is 8.84. The van der Waals surface area contributed by atoms with E-state index in [0.717, 1.165) is 17.7 Å². The predicted molar refractivity (Wildman–Crippen MR) is 94.4 cm³/mol. The van der Waals surface area contributed by atoms with Gasteiger partial charge in [-0.1, -0.05) is 25.1 Å². The Labute approximate surface area is 145 Å². The van der Waals surface area contributed by atoms with Gasteiger partial charge in [0.2, 0.25) is 0 Å². The molecule has 1 fully saturated rings. The van der Waals surface area contributed by atoms with Gasteiger partial charge in [-0.3, -0.25) is 0 Å². The van der Waals surface area contributed by atoms with Crippen molar-refractivity contribution in [1.29, 1.82) is 0 Å². The van der Waals surface area contributed by atoms with E-state index < -0.39 is 10.2 Å². The first kappa shape index (κ1) is 20.2. The zero-order valence-corrected chi connectivity index (χ0v) is 15.5. The van der Waals surface area contributed by atoms with Crippen LogP contribution in [0.15, 0.2) is 24.3 Å². The molecule has 1 aliphatic rings. The summed E-state index contributed by atoms with van der Waals surface area (Å²) in [6.07, 6.45) is 0.793. The number of halogens is 1. The third-order valence-corrected chi connectivity index (χ3v) is 5.92. The lowest BCUT2D eigenvalue weighted by molar-refractivity contribution is 0.247. The van der Waals surface area contributed by atoms with Crippen LogP contribution in [0.2, 0.25) is 0 Å². The fourth-order valence-electron chi connectivity index (χ4n) is 2.78. The van der Waals surface area contributed by atoms with Gasteiger partial charge in [-0.05, 0) is 12.5 Å². The molecule has 0 spiro atoms. The maximum atomic E-state index is 12.8. The fourth-order valence-corrected chi connectivity index (χ4v) is 4.38. The summed E-state index contributed by atoms with van der Waals surface area (Å²) < 4.78 is 34.1. The Balaban J connectivity index is 0.00000264. The molecule has 0 aliphatic carbocycles. The summed E-state index contributed by atoms with van der Waals surface area (Å²) >= 11 is 0. The summed E-state index contributed by atoms with van der Waals surface area (Å²) in [5.74, 6) is 0.717. The van der Waals surface area contributed by atoms with Crippen LogP contribution < -0.4 is 10.1 Å². The Morgan fingerprint density at radius 3 is 2.74 bits per heavy atom. The van der Waals surface area contributed by atoms with E-state index in [1.807, 2.05) is 31.2 Å². The number of hydrogen-bond donors (Lipinski definition) is 1. The van der Waals surface area contributed by atoms with Gasteiger partial charge in [0.1, 0.15) is 5.75 Å². The number of methoxy groups -OCH3 is 1. The van der Waals surface area contributed by atoms with Crippen molar-refractivity contribution in [3.05, 3.63) is 29.8 Å². The van der Waals surface area contributed by atoms with Gasteiger partial charge in [0.15, 0.2) is 0 Å². The summed E-state index contributed by atoms with van der Waals surface area (Å²) in [7, 11) is -0.228. The Morgan fingerprint density at radius 1 is 1.39 bits per heavy atom. The number of piperazine rings is 1. The molecule has 1 aliphatic heterocycles. The second-order valence-corrected chi connectivity index (χ2v) is 7.39. The van der Waals surface area contributed by atoms with Gasteiger partial charge in [0.25, 0.3) is 10.2 Å². The quantitative estimate of drug-likeness (QED) is 0.834. The van der Waals surface area contributed by atoms with Crippen molar-refractivity contribution in [2.24, 2.45) is 0 Å². The first-order valence-electron chi connectivity index (χ1n) is 7.59. The highest BCUT2D eigenvalue weighted by Crippen LogP contribution is 2.32. The molecule has 1 unspecified atom stereocenters. The maximum Gasteiger partial charge on any atom is 0.282 e. The fraction of sp³-hybridized carbons (Fsp3) is 0.600. The van der Waals surface area contributed by atoms with E-state index in [9.17, 15) is 8.42 Å². The number of benzene rings is 1. The largest absolute Gasteiger partial charge is 0.496 e. The van der Waals surface area contributed by atoms with Crippen LogP contribution in [-0.2, 0) is 10.2 Å². The average Bonchev–Trinajstić information content (AvgIpc) is 2.55. The number of rotatable bonds is 6. The van der Waals surface area contributed by atoms with E-state index >= 15 is 0 Å². The zero-order valence-electron chi connectivity index (χ0n) is 13.9. The lowest BCUT2D eigenvalue weighted by Gasteiger charge is -2.38. The lowest BCUT2D eigenvalue weighted by Crippen LogP contribution is -2.52. The summed E-state index contributed by atoms with van der Waals surface area (Å²) in [6, 6.07) is 7.34. The molecule has 0 aromatic heterocycles. The summed E-state index contributed by atoms with van der Waals surface area (Å²) in [6.45, 7) is 4.19. The minimum atomic E-state index is -3.48. The number of ether oxygens (including phenoxy) is 1. The van der Waals surface area contributed by atoms with Gasteiger partial charge in [0, 0.05) is 38.8 Å². The van der Waals surface area contributed by atoms with Crippen molar-refractivity contribution in [2.75, 3.05) is 40.3 Å². The molecule has 1 atom stereocenters. The van der Waals surface area contributed by atoms with Gasteiger partial charge in [-0.2, -0.15) is 17.0 Å². The Hall–Kier alpha value is -0.860. The molecular formula is C15H26ClN3O3S. The van der Waals surface area contributed by atoms with Gasteiger partial charge in [0.05, 0.1) is 13.2 Å². The number of nitrogens with one attached hydrogen (secondary N) is 1. The molecule has 0 amide bonds. The van der Waals surface area contributed by atoms with Crippen molar-refractivity contribution < 1.29 is 13.2 Å². The molecule has 8 heteroatoms. The molecular weight excluding hydrogens is 338 g/mol. The van der Waals surface area contributed by atoms with Crippen LogP contribution in [-0.4, -0.2) is 57.4 Å². The number of nitrogens with zero attached hydrogens (tertiary/aromatic N) is 2. The van der Waals surface area contributed by atoms with E-state index in [-0.39, 0.29) is 18.4 Å². The molecule has 0 saturated carbocycles. The Morgan fingerprint density at radius 2 is 2.09 bits per heavy atom. The molecule has 0 bridgehead atoms. The molecule has 1 saturated heterocycles. The third-order valence-electron chi connectivity index (χ3n) is 3.92. The van der Waals surface area contributed by atoms with Crippen molar-refractivity contribution in [3.63, 3.8) is 0 Å². The van der Waals surface area contributed by atoms with Gasteiger partial charge in [-0.15, -0.1) is 12.4 Å². The van der Waals surface area contributed by atoms with E-state index in [1.165, 1.54) is 4.31 Å². The molecule has 132 valence electrons. The lowest BCUT2D eigenvalue weighted by atomic mass is 10.0. The zero-order chi connectivity index (χ0) is 16.2. The van der Waals surface area contributed by atoms with Gasteiger partial charge >= 0.3 is 0 Å². The van der Waals surface area contributed by atoms with Crippen LogP contribution in [0.25, 0.3) is 0 Å². The predicted octanol–water partition coefficient (Wildman–Crippen LogP) is 1.65. The van der Waals surface area contributed by atoms with Crippen LogP contribution in [0, 0.1) is 0 Å². The summed E-state index contributed by atoms with van der Waals surface area (Å²) in [4.78, 5) is 0. The van der Waals surface area contributed by atoms with Gasteiger partial charge in [-0.25, -0.2) is 0 Å². The molecule has 1 aromatic carbocycles. The Bertz CT molecular complexity index is 597. The topological polar surface area (TPSA) is 61.9 Å². The SMILES string of the molecule is CCCN(C)S(=O)(=O)N1CCNCC1c1ccccc1OC.Cl. The first-order valence-corrected chi connectivity index (χ1v) is 8.98. The van der Waals surface area contributed by atoms with Gasteiger partial charge < -0.3 is 10.1 Å². The summed E-state index contributed by atoms with van der Waals surface area (Å²) in [5.41, 5.74) is 0.894. The molecule has 2 rings (SSSR count). The number of hydrogen-bond acceptors (Lipinski definition) is 4. The van der Waals surface area contributed by atoms with E-state index in [4.69, 9.17) is 4.74 Å². The van der Waals surface area contributed by atoms with E-state index in [2.05, 4.69) is 5.32 Å².